The largest absolute Gasteiger partial charge is 0.416 e. The van der Waals surface area contributed by atoms with Gasteiger partial charge in [0, 0.05) is 17.5 Å². The quantitative estimate of drug-likeness (QED) is 0.467. The first-order chi connectivity index (χ1) is 13.8. The van der Waals surface area contributed by atoms with Crippen LogP contribution in [0.1, 0.15) is 42.5 Å². The molecule has 0 aromatic carbocycles. The molecular weight excluding hydrogens is 419 g/mol. The summed E-state index contributed by atoms with van der Waals surface area (Å²) in [6.45, 7) is 1.70. The Hall–Kier alpha value is -1.29. The molecule has 9 heteroatoms. The third-order valence-corrected chi connectivity index (χ3v) is 6.20. The molecule has 1 aliphatic heterocycles. The minimum absolute atomic E-state index is 0.216. The first-order valence-electron chi connectivity index (χ1n) is 9.83. The van der Waals surface area contributed by atoms with Crippen LogP contribution in [0.25, 0.3) is 0 Å². The lowest BCUT2D eigenvalue weighted by Crippen LogP contribution is -2.55. The number of nitrogens with one attached hydrogen (secondary N) is 2. The van der Waals surface area contributed by atoms with Gasteiger partial charge in [0.05, 0.1) is 11.1 Å². The van der Waals surface area contributed by atoms with Gasteiger partial charge in [0.2, 0.25) is 0 Å². The van der Waals surface area contributed by atoms with E-state index in [1.54, 1.807) is 22.9 Å². The highest BCUT2D eigenvalue weighted by atomic mass is 32.1. The predicted molar refractivity (Wildman–Crippen MR) is 113 cm³/mol. The molecule has 2 aliphatic rings. The second-order valence-electron chi connectivity index (χ2n) is 7.35. The lowest BCUT2D eigenvalue weighted by molar-refractivity contribution is -0.0890. The average Bonchev–Trinajstić information content (AvgIpc) is 3.16. The van der Waals surface area contributed by atoms with E-state index in [1.807, 2.05) is 0 Å². The molecule has 0 radical (unpaired) electrons. The third-order valence-electron chi connectivity index (χ3n) is 5.24. The number of carbonyl (C=O) groups is 1. The number of hydrogen-bond donors (Lipinski definition) is 3. The summed E-state index contributed by atoms with van der Waals surface area (Å²) in [7, 11) is 0. The Labute approximate surface area is 178 Å². The van der Waals surface area contributed by atoms with Crippen LogP contribution in [0.2, 0.25) is 0 Å². The first kappa shape index (κ1) is 22.4. The van der Waals surface area contributed by atoms with Gasteiger partial charge in [-0.3, -0.25) is 15.0 Å². The van der Waals surface area contributed by atoms with Crippen LogP contribution in [0.5, 0.6) is 0 Å². The summed E-state index contributed by atoms with van der Waals surface area (Å²) in [5, 5.41) is 9.26. The molecule has 2 heterocycles. The molecule has 1 aliphatic carbocycles. The van der Waals surface area contributed by atoms with Crippen molar-refractivity contribution in [3.8, 4) is 0 Å². The number of nitrogens with zero attached hydrogens (tertiary/aromatic N) is 1. The van der Waals surface area contributed by atoms with Gasteiger partial charge in [-0.05, 0) is 37.4 Å². The van der Waals surface area contributed by atoms with Gasteiger partial charge in [0.1, 0.15) is 5.50 Å². The van der Waals surface area contributed by atoms with Gasteiger partial charge in [-0.1, -0.05) is 37.5 Å². The van der Waals surface area contributed by atoms with Crippen LogP contribution in [0.3, 0.4) is 0 Å². The van der Waals surface area contributed by atoms with E-state index >= 15 is 0 Å². The van der Waals surface area contributed by atoms with Crippen LogP contribution in [0.4, 0.5) is 13.2 Å². The van der Waals surface area contributed by atoms with E-state index in [9.17, 15) is 18.0 Å². The number of thiol groups is 1. The topological polar surface area (TPSA) is 44.4 Å². The smallest absolute Gasteiger partial charge is 0.328 e. The molecule has 4 nitrogen and oxygen atoms in total. The Morgan fingerprint density at radius 3 is 2.52 bits per heavy atom. The van der Waals surface area contributed by atoms with E-state index in [0.29, 0.717) is 5.56 Å². The molecule has 0 bridgehead atoms. The summed E-state index contributed by atoms with van der Waals surface area (Å²) in [4.78, 5) is 14.5. The number of amides is 1. The number of likely N-dealkylation sites (tertiary alicyclic amines) is 1. The molecule has 1 amide bonds. The number of carbonyl (C=O) groups excluding carboxylic acids is 1. The predicted octanol–water partition coefficient (Wildman–Crippen LogP) is 4.34. The molecule has 3 atom stereocenters. The SMILES string of the molecule is O=C(NC(S)NC1C=C(C(F)(F)F)C=CC1N1CCCCCCC1)c1ccsc1. The van der Waals surface area contributed by atoms with Crippen molar-refractivity contribution >= 4 is 29.9 Å². The fourth-order valence-electron chi connectivity index (χ4n) is 3.75. The average molecular weight is 446 g/mol. The summed E-state index contributed by atoms with van der Waals surface area (Å²) in [6, 6.07) is 0.863. The van der Waals surface area contributed by atoms with Gasteiger partial charge in [-0.2, -0.15) is 24.5 Å². The Balaban J connectivity index is 1.72. The van der Waals surface area contributed by atoms with Crippen LogP contribution < -0.4 is 10.6 Å². The summed E-state index contributed by atoms with van der Waals surface area (Å²) >= 11 is 5.76. The zero-order valence-corrected chi connectivity index (χ0v) is 17.7. The van der Waals surface area contributed by atoms with Crippen molar-refractivity contribution in [2.75, 3.05) is 13.1 Å². The van der Waals surface area contributed by atoms with E-state index in [1.165, 1.54) is 29.9 Å². The summed E-state index contributed by atoms with van der Waals surface area (Å²) in [5.41, 5.74) is -0.948. The van der Waals surface area contributed by atoms with Gasteiger partial charge in [-0.15, -0.1) is 12.6 Å². The van der Waals surface area contributed by atoms with Crippen molar-refractivity contribution in [1.82, 2.24) is 15.5 Å². The maximum Gasteiger partial charge on any atom is 0.416 e. The highest BCUT2D eigenvalue weighted by Gasteiger charge is 2.37. The molecule has 1 aromatic rings. The number of halogens is 3. The van der Waals surface area contributed by atoms with Crippen molar-refractivity contribution in [2.24, 2.45) is 0 Å². The van der Waals surface area contributed by atoms with Gasteiger partial charge in [0.15, 0.2) is 0 Å². The molecule has 2 N–H and O–H groups in total. The Morgan fingerprint density at radius 2 is 1.90 bits per heavy atom. The maximum atomic E-state index is 13.3. The molecule has 0 spiro atoms. The zero-order valence-electron chi connectivity index (χ0n) is 16.0. The van der Waals surface area contributed by atoms with Gasteiger partial charge >= 0.3 is 6.18 Å². The van der Waals surface area contributed by atoms with Gasteiger partial charge < -0.3 is 5.32 Å². The third kappa shape index (κ3) is 6.34. The van der Waals surface area contributed by atoms with E-state index in [4.69, 9.17) is 0 Å². The second-order valence-corrected chi connectivity index (χ2v) is 8.65. The minimum atomic E-state index is -4.41. The van der Waals surface area contributed by atoms with Crippen LogP contribution in [0, 0.1) is 0 Å². The molecule has 3 rings (SSSR count). The normalized spacial score (nSPS) is 25.0. The molecule has 3 unspecified atom stereocenters. The molecule has 1 fully saturated rings. The second kappa shape index (κ2) is 10.1. The Morgan fingerprint density at radius 1 is 1.21 bits per heavy atom. The number of allylic oxidation sites excluding steroid dienone is 2. The number of rotatable bonds is 5. The number of alkyl halides is 3. The molecule has 1 aromatic heterocycles. The summed E-state index contributed by atoms with van der Waals surface area (Å²) in [6.07, 6.45) is 5.15. The molecule has 0 saturated carbocycles. The van der Waals surface area contributed by atoms with Gasteiger partial charge in [0.25, 0.3) is 5.91 Å². The van der Waals surface area contributed by atoms with Crippen LogP contribution in [0.15, 0.2) is 40.6 Å². The standard InChI is InChI=1S/C20H26F3N3OS2/c21-20(22,23)15-6-7-17(26-9-4-2-1-3-5-10-26)16(12-15)24-19(28)25-18(27)14-8-11-29-13-14/h6-8,11-13,16-17,19,24,28H,1-5,9-10H2,(H,25,27). The fraction of sp³-hybridized carbons (Fsp3) is 0.550. The summed E-state index contributed by atoms with van der Waals surface area (Å²) < 4.78 is 39.9. The van der Waals surface area contributed by atoms with E-state index in [-0.39, 0.29) is 11.9 Å². The maximum absolute atomic E-state index is 13.3. The minimum Gasteiger partial charge on any atom is -0.328 e. The van der Waals surface area contributed by atoms with Gasteiger partial charge in [-0.25, -0.2) is 0 Å². The summed E-state index contributed by atoms with van der Waals surface area (Å²) in [5.74, 6) is -0.312. The highest BCUT2D eigenvalue weighted by Crippen LogP contribution is 2.31. The number of hydrogen-bond acceptors (Lipinski definition) is 5. The van der Waals surface area contributed by atoms with Crippen LogP contribution >= 0.6 is 24.0 Å². The molecular formula is C20H26F3N3OS2. The van der Waals surface area contributed by atoms with Crippen LogP contribution in [-0.4, -0.2) is 47.7 Å². The highest BCUT2D eigenvalue weighted by molar-refractivity contribution is 7.80. The fourth-order valence-corrected chi connectivity index (χ4v) is 4.67. The van der Waals surface area contributed by atoms with Crippen molar-refractivity contribution in [3.63, 3.8) is 0 Å². The van der Waals surface area contributed by atoms with Crippen molar-refractivity contribution in [2.45, 2.75) is 55.9 Å². The van der Waals surface area contributed by atoms with Crippen LogP contribution in [-0.2, 0) is 0 Å². The molecule has 29 heavy (non-hydrogen) atoms. The van der Waals surface area contributed by atoms with E-state index in [2.05, 4.69) is 28.2 Å². The van der Waals surface area contributed by atoms with E-state index in [0.717, 1.165) is 38.8 Å². The molecule has 1 saturated heterocycles. The Kier molecular flexibility index (Phi) is 7.84. The first-order valence-corrected chi connectivity index (χ1v) is 11.3. The van der Waals surface area contributed by atoms with Crippen molar-refractivity contribution in [1.29, 1.82) is 0 Å². The zero-order chi connectivity index (χ0) is 20.9. The number of thiophene rings is 1. The Bertz CT molecular complexity index is 726. The molecule has 160 valence electrons. The van der Waals surface area contributed by atoms with Crippen molar-refractivity contribution < 1.29 is 18.0 Å². The lowest BCUT2D eigenvalue weighted by atomic mass is 9.94. The van der Waals surface area contributed by atoms with E-state index < -0.39 is 23.3 Å². The van der Waals surface area contributed by atoms with Crippen molar-refractivity contribution in [3.05, 3.63) is 46.2 Å². The monoisotopic (exact) mass is 445 g/mol. The lowest BCUT2D eigenvalue weighted by Gasteiger charge is -2.38.